The van der Waals surface area contributed by atoms with E-state index < -0.39 is 10.1 Å². The van der Waals surface area contributed by atoms with Crippen molar-refractivity contribution < 1.29 is 17.5 Å². The zero-order valence-corrected chi connectivity index (χ0v) is 56.7. The monoisotopic (exact) mass is 1160 g/mol. The van der Waals surface area contributed by atoms with Crippen LogP contribution < -0.4 is 0 Å². The van der Waals surface area contributed by atoms with Crippen LogP contribution in [0.5, 0.6) is 0 Å². The Balaban J connectivity index is 4.82. The average molecular weight is 1160 g/mol. The van der Waals surface area contributed by atoms with Gasteiger partial charge in [-0.25, -0.2) is 12.9 Å². The normalized spacial score (nSPS) is 12.5. The molecule has 0 amide bonds. The third-order valence-corrected chi connectivity index (χ3v) is 18.8. The Morgan fingerprint density at radius 2 is 0.395 bits per heavy atom. The summed E-state index contributed by atoms with van der Waals surface area (Å²) in [5.41, 5.74) is 0. The van der Waals surface area contributed by atoms with Gasteiger partial charge in [0.05, 0.1) is 16.7 Å². The highest BCUT2D eigenvalue weighted by molar-refractivity contribution is 7.85. The van der Waals surface area contributed by atoms with Gasteiger partial charge in [0.25, 0.3) is 0 Å². The first-order chi connectivity index (χ1) is 39.9. The molecule has 0 aliphatic rings. The second-order valence-corrected chi connectivity index (χ2v) is 27.9. The summed E-state index contributed by atoms with van der Waals surface area (Å²) in [5, 5.41) is 0. The number of hydrogen-bond donors (Lipinski definition) is 0. The molecule has 0 atom stereocenters. The molecule has 0 saturated carbocycles. The van der Waals surface area contributed by atoms with E-state index in [0.29, 0.717) is 10.9 Å². The first-order valence-electron chi connectivity index (χ1n) is 37.7. The predicted octanol–water partition coefficient (Wildman–Crippen LogP) is 27.3. The molecule has 0 bridgehead atoms. The number of allylic oxidation sites excluding steroid dienone is 3. The molecule has 81 heavy (non-hydrogen) atoms. The minimum absolute atomic E-state index is 0.262. The summed E-state index contributed by atoms with van der Waals surface area (Å²) in [5.74, 6) is -0.262. The first-order valence-corrected chi connectivity index (χ1v) is 39.3. The van der Waals surface area contributed by atoms with E-state index in [1.807, 2.05) is 0 Å². The van der Waals surface area contributed by atoms with Gasteiger partial charge in [0.15, 0.2) is 0 Å². The molecule has 0 aromatic carbocycles. The topological polar surface area (TPSA) is 57.2 Å². The summed E-state index contributed by atoms with van der Waals surface area (Å²) in [4.78, 5) is 0. The molecule has 5 heteroatoms. The van der Waals surface area contributed by atoms with Gasteiger partial charge in [-0.1, -0.05) is 387 Å². The quantitative estimate of drug-likeness (QED) is 0.0346. The molecule has 4 nitrogen and oxygen atoms in total. The second-order valence-electron chi connectivity index (χ2n) is 26.4. The maximum absolute atomic E-state index is 11.6. The van der Waals surface area contributed by atoms with Gasteiger partial charge in [0, 0.05) is 5.75 Å². The Morgan fingerprint density at radius 1 is 0.235 bits per heavy atom. The first kappa shape index (κ1) is 80.1. The van der Waals surface area contributed by atoms with E-state index in [0.717, 1.165) is 32.2 Å². The molecular weight excluding hydrogens is 1010 g/mol. The molecule has 0 aromatic heterocycles. The number of quaternary nitrogens is 1. The zero-order chi connectivity index (χ0) is 58.6. The zero-order valence-electron chi connectivity index (χ0n) is 55.9. The lowest BCUT2D eigenvalue weighted by Gasteiger charge is -2.27. The second kappa shape index (κ2) is 68.2. The van der Waals surface area contributed by atoms with Gasteiger partial charge in [-0.2, -0.15) is 0 Å². The summed E-state index contributed by atoms with van der Waals surface area (Å²) in [7, 11) is -4.20. The molecule has 0 aliphatic heterocycles. The van der Waals surface area contributed by atoms with Crippen LogP contribution in [0.1, 0.15) is 438 Å². The van der Waals surface area contributed by atoms with Gasteiger partial charge in [-0.15, -0.1) is 0 Å². The van der Waals surface area contributed by atoms with E-state index in [4.69, 9.17) is 0 Å². The molecule has 0 fully saturated rings. The van der Waals surface area contributed by atoms with Gasteiger partial charge in [-0.3, -0.25) is 0 Å². The number of rotatable bonds is 71. The van der Waals surface area contributed by atoms with E-state index in [2.05, 4.69) is 57.6 Å². The van der Waals surface area contributed by atoms with Crippen molar-refractivity contribution in [2.75, 3.05) is 12.3 Å². The fraction of sp³-hybridized carbons (Fsp3) is 0.921. The number of nitrogens with zero attached hydrogens (tertiary/aromatic N) is 1. The lowest BCUT2D eigenvalue weighted by atomic mass is 10.0. The summed E-state index contributed by atoms with van der Waals surface area (Å²) in [6.07, 6.45) is 103. The van der Waals surface area contributed by atoms with Crippen LogP contribution in [0.25, 0.3) is 0 Å². The molecule has 0 heterocycles. The van der Waals surface area contributed by atoms with Crippen LogP contribution >= 0.6 is 0 Å². The molecular formula is C76H149NO3S. The van der Waals surface area contributed by atoms with Gasteiger partial charge in [0.1, 0.15) is 18.6 Å². The average Bonchev–Trinajstić information content (AvgIpc) is 3.46. The number of hydrogen-bond acceptors (Lipinski definition) is 3. The minimum atomic E-state index is -4.20. The smallest absolute Gasteiger partial charge is 0.101 e. The Bertz CT molecular complexity index is 1240. The standard InChI is InChI=1S/C76H149NO3S/c1-4-7-10-13-16-19-22-25-28-31-34-37-40-43-46-49-52-55-58-61-64-67-72-77(75-70-71-76-81(78,79)80,73-68-65-62-59-56-53-50-47-44-41-38-35-32-29-26-23-20-17-14-11-8-5-2)74-69-66-63-60-57-54-51-48-45-42-39-36-33-30-27-24-21-18-15-12-9-6-3/h67-69,72-74H,4-66,70-71,75-76H2,1-3H3/b72-67+,73-68+,74-69+. The summed E-state index contributed by atoms with van der Waals surface area (Å²) >= 11 is 0. The lowest BCUT2D eigenvalue weighted by Crippen LogP contribution is -2.32. The Morgan fingerprint density at radius 3 is 0.556 bits per heavy atom. The Hall–Kier alpha value is -0.910. The highest BCUT2D eigenvalue weighted by Crippen LogP contribution is 2.22. The molecule has 482 valence electrons. The van der Waals surface area contributed by atoms with E-state index in [1.165, 1.54) is 385 Å². The van der Waals surface area contributed by atoms with Gasteiger partial charge in [0.2, 0.25) is 0 Å². The Labute approximate surface area is 512 Å². The highest BCUT2D eigenvalue weighted by Gasteiger charge is 2.19. The van der Waals surface area contributed by atoms with Crippen molar-refractivity contribution in [3.05, 3.63) is 36.8 Å². The van der Waals surface area contributed by atoms with E-state index >= 15 is 0 Å². The van der Waals surface area contributed by atoms with Gasteiger partial charge < -0.3 is 4.55 Å². The van der Waals surface area contributed by atoms with Crippen molar-refractivity contribution in [3.63, 3.8) is 0 Å². The highest BCUT2D eigenvalue weighted by atomic mass is 32.2. The third-order valence-electron chi connectivity index (χ3n) is 18.0. The van der Waals surface area contributed by atoms with Crippen LogP contribution in [-0.4, -0.2) is 29.8 Å². The van der Waals surface area contributed by atoms with Crippen LogP contribution in [-0.2, 0) is 10.1 Å². The molecule has 0 N–H and O–H groups in total. The van der Waals surface area contributed by atoms with Crippen molar-refractivity contribution in [1.82, 2.24) is 0 Å². The van der Waals surface area contributed by atoms with E-state index in [9.17, 15) is 13.0 Å². The van der Waals surface area contributed by atoms with E-state index in [1.54, 1.807) is 0 Å². The predicted molar refractivity (Wildman–Crippen MR) is 364 cm³/mol. The molecule has 0 aliphatic carbocycles. The minimum Gasteiger partial charge on any atom is -0.748 e. The molecule has 0 unspecified atom stereocenters. The largest absolute Gasteiger partial charge is 0.748 e. The third kappa shape index (κ3) is 68.1. The van der Waals surface area contributed by atoms with Crippen LogP contribution in [0.3, 0.4) is 0 Å². The van der Waals surface area contributed by atoms with Gasteiger partial charge in [-0.05, 0) is 69.6 Å². The molecule has 0 rings (SSSR count). The van der Waals surface area contributed by atoms with Gasteiger partial charge >= 0.3 is 0 Å². The van der Waals surface area contributed by atoms with Crippen LogP contribution in [0.15, 0.2) is 36.8 Å². The van der Waals surface area contributed by atoms with Crippen LogP contribution in [0, 0.1) is 0 Å². The molecule has 0 saturated heterocycles. The van der Waals surface area contributed by atoms with Crippen molar-refractivity contribution in [2.24, 2.45) is 0 Å². The summed E-state index contributed by atoms with van der Waals surface area (Å²) in [6.45, 7) is 7.72. The molecule has 0 aromatic rings. The summed E-state index contributed by atoms with van der Waals surface area (Å²) < 4.78 is 35.4. The van der Waals surface area contributed by atoms with Crippen molar-refractivity contribution in [1.29, 1.82) is 0 Å². The maximum atomic E-state index is 11.6. The maximum Gasteiger partial charge on any atom is 0.101 e. The van der Waals surface area contributed by atoms with E-state index in [-0.39, 0.29) is 5.75 Å². The van der Waals surface area contributed by atoms with Crippen molar-refractivity contribution in [3.8, 4) is 0 Å². The fourth-order valence-corrected chi connectivity index (χ4v) is 13.0. The van der Waals surface area contributed by atoms with Crippen molar-refractivity contribution >= 4 is 10.1 Å². The molecule has 0 spiro atoms. The Kier molecular flexibility index (Phi) is 67.4. The van der Waals surface area contributed by atoms with Crippen molar-refractivity contribution in [2.45, 2.75) is 438 Å². The number of unbranched alkanes of at least 4 members (excludes halogenated alkanes) is 61. The summed E-state index contributed by atoms with van der Waals surface area (Å²) in [6, 6.07) is 0. The molecule has 0 radical (unpaired) electrons. The van der Waals surface area contributed by atoms with Crippen LogP contribution in [0.4, 0.5) is 0 Å². The fourth-order valence-electron chi connectivity index (χ4n) is 12.4. The van der Waals surface area contributed by atoms with Crippen LogP contribution in [0.2, 0.25) is 0 Å². The SMILES string of the molecule is CCCCCCCCCCCCCCCCCCCCCC/C=C/[N+](/C=C/CCCCCCCCCCCCCCCCCCCCCC)(/C=C/CCCCCCCCCCCCCCCCCCCCCC)CCCCS(=O)(=O)[O-]. The lowest BCUT2D eigenvalue weighted by molar-refractivity contribution is -0.774.